The van der Waals surface area contributed by atoms with Gasteiger partial charge in [-0.3, -0.25) is 9.78 Å². The summed E-state index contributed by atoms with van der Waals surface area (Å²) in [6.07, 6.45) is 3.80. The maximum Gasteiger partial charge on any atom is 0.311 e. The SMILES string of the molecule is CCCCc1ccc2c(n1)[C@@H](c1ccc(OC)cc1C[C@H](C)CO[Si](C)(C)C(C)(C)C)[C@H](C(=O)OC(C)(C)C)[C@H]2c1ccc2c(c1)OCO2. The minimum atomic E-state index is -1.92. The van der Waals surface area contributed by atoms with Crippen LogP contribution in [0.15, 0.2) is 48.5 Å². The first-order valence-corrected chi connectivity index (χ1v) is 20.9. The number of hydrogen-bond donors (Lipinski definition) is 0. The number of carbonyl (C=O) groups is 1. The number of pyridine rings is 1. The third kappa shape index (κ3) is 8.17. The minimum absolute atomic E-state index is 0.132. The Balaban J connectivity index is 1.65. The van der Waals surface area contributed by atoms with Crippen molar-refractivity contribution >= 4 is 14.3 Å². The van der Waals surface area contributed by atoms with Gasteiger partial charge in [-0.05, 0) is 117 Å². The first kappa shape index (κ1) is 36.9. The summed E-state index contributed by atoms with van der Waals surface area (Å²) in [5.74, 6) is 1.06. The summed E-state index contributed by atoms with van der Waals surface area (Å²) >= 11 is 0. The smallest absolute Gasteiger partial charge is 0.311 e. The van der Waals surface area contributed by atoms with E-state index in [0.29, 0.717) is 18.1 Å². The Kier molecular flexibility index (Phi) is 10.9. The maximum atomic E-state index is 14.6. The Bertz CT molecular complexity index is 1640. The number of fused-ring (bicyclic) bond motifs is 2. The van der Waals surface area contributed by atoms with Crippen LogP contribution in [-0.4, -0.2) is 45.4 Å². The number of unbranched alkanes of at least 4 members (excludes halogenated alkanes) is 1. The monoisotopic (exact) mass is 687 g/mol. The molecule has 7 nitrogen and oxygen atoms in total. The van der Waals surface area contributed by atoms with E-state index < -0.39 is 19.8 Å². The van der Waals surface area contributed by atoms with Crippen LogP contribution in [0, 0.1) is 11.8 Å². The third-order valence-electron chi connectivity index (χ3n) is 10.4. The number of carbonyl (C=O) groups excluding carboxylic acids is 1. The van der Waals surface area contributed by atoms with Gasteiger partial charge in [0.2, 0.25) is 6.79 Å². The molecule has 1 aliphatic carbocycles. The fourth-order valence-electron chi connectivity index (χ4n) is 6.76. The van der Waals surface area contributed by atoms with Gasteiger partial charge in [0, 0.05) is 24.1 Å². The highest BCUT2D eigenvalue weighted by molar-refractivity contribution is 6.74. The molecule has 5 rings (SSSR count). The summed E-state index contributed by atoms with van der Waals surface area (Å²) in [5.41, 5.74) is 5.60. The van der Waals surface area contributed by atoms with Crippen LogP contribution in [0.25, 0.3) is 0 Å². The summed E-state index contributed by atoms with van der Waals surface area (Å²) in [6, 6.07) is 16.7. The van der Waals surface area contributed by atoms with Crippen LogP contribution in [0.4, 0.5) is 0 Å². The van der Waals surface area contributed by atoms with Crippen molar-refractivity contribution in [2.75, 3.05) is 20.5 Å². The Morgan fingerprint density at radius 2 is 1.67 bits per heavy atom. The van der Waals surface area contributed by atoms with Crippen molar-refractivity contribution in [3.63, 3.8) is 0 Å². The molecule has 1 aromatic heterocycles. The Labute approximate surface area is 295 Å². The average Bonchev–Trinajstić information content (AvgIpc) is 3.63. The average molecular weight is 688 g/mol. The van der Waals surface area contributed by atoms with Crippen molar-refractivity contribution in [2.45, 2.75) is 117 Å². The molecule has 1 aliphatic heterocycles. The molecule has 4 atom stereocenters. The number of aromatic nitrogens is 1. The van der Waals surface area contributed by atoms with Crippen molar-refractivity contribution in [1.29, 1.82) is 0 Å². The van der Waals surface area contributed by atoms with Crippen LogP contribution in [-0.2, 0) is 26.8 Å². The van der Waals surface area contributed by atoms with Crippen molar-refractivity contribution in [1.82, 2.24) is 4.98 Å². The van der Waals surface area contributed by atoms with Gasteiger partial charge in [0.1, 0.15) is 11.4 Å². The highest BCUT2D eigenvalue weighted by atomic mass is 28.4. The number of aryl methyl sites for hydroxylation is 1. The molecule has 3 aromatic rings. The molecule has 0 saturated heterocycles. The summed E-state index contributed by atoms with van der Waals surface area (Å²) in [6.45, 7) is 22.5. The molecule has 49 heavy (non-hydrogen) atoms. The van der Waals surface area contributed by atoms with E-state index in [0.717, 1.165) is 65.1 Å². The lowest BCUT2D eigenvalue weighted by Gasteiger charge is -2.37. The van der Waals surface area contributed by atoms with Crippen LogP contribution in [0.5, 0.6) is 17.2 Å². The molecule has 2 aliphatic rings. The maximum absolute atomic E-state index is 14.6. The zero-order valence-corrected chi connectivity index (χ0v) is 32.6. The minimum Gasteiger partial charge on any atom is -0.497 e. The van der Waals surface area contributed by atoms with Gasteiger partial charge >= 0.3 is 5.97 Å². The number of rotatable bonds is 12. The molecule has 266 valence electrons. The molecule has 8 heteroatoms. The highest BCUT2D eigenvalue weighted by Gasteiger charge is 2.50. The van der Waals surface area contributed by atoms with Gasteiger partial charge < -0.3 is 23.4 Å². The number of esters is 1. The van der Waals surface area contributed by atoms with E-state index in [2.05, 4.69) is 78.0 Å². The summed E-state index contributed by atoms with van der Waals surface area (Å²) in [5, 5.41) is 0.132. The molecule has 0 saturated carbocycles. The molecule has 0 unspecified atom stereocenters. The predicted octanol–water partition coefficient (Wildman–Crippen LogP) is 9.60. The Morgan fingerprint density at radius 3 is 2.35 bits per heavy atom. The quantitative estimate of drug-likeness (QED) is 0.139. The van der Waals surface area contributed by atoms with Crippen molar-refractivity contribution in [3.05, 3.63) is 82.2 Å². The van der Waals surface area contributed by atoms with Crippen LogP contribution >= 0.6 is 0 Å². The summed E-state index contributed by atoms with van der Waals surface area (Å²) in [7, 11) is -0.222. The van der Waals surface area contributed by atoms with E-state index in [1.807, 2.05) is 39.0 Å². The van der Waals surface area contributed by atoms with Crippen LogP contribution < -0.4 is 14.2 Å². The number of benzene rings is 2. The second kappa shape index (κ2) is 14.5. The molecule has 2 heterocycles. The van der Waals surface area contributed by atoms with Gasteiger partial charge in [-0.1, -0.05) is 59.2 Å². The van der Waals surface area contributed by atoms with Gasteiger partial charge in [-0.25, -0.2) is 0 Å². The van der Waals surface area contributed by atoms with E-state index in [1.165, 1.54) is 0 Å². The molecule has 0 bridgehead atoms. The molecular formula is C41H57NO6Si. The molecular weight excluding hydrogens is 631 g/mol. The van der Waals surface area contributed by atoms with Gasteiger partial charge in [0.15, 0.2) is 19.8 Å². The summed E-state index contributed by atoms with van der Waals surface area (Å²) in [4.78, 5) is 20.0. The van der Waals surface area contributed by atoms with Gasteiger partial charge in [0.25, 0.3) is 0 Å². The second-order valence-corrected chi connectivity index (χ2v) is 21.3. The van der Waals surface area contributed by atoms with Gasteiger partial charge in [-0.15, -0.1) is 0 Å². The topological polar surface area (TPSA) is 76.1 Å². The van der Waals surface area contributed by atoms with Crippen LogP contribution in [0.1, 0.15) is 114 Å². The van der Waals surface area contributed by atoms with Gasteiger partial charge in [0.05, 0.1) is 18.7 Å². The standard InChI is InChI=1S/C41H57NO6Si/c1-12-13-14-29-16-18-32-35(27-15-20-33-34(23-27)46-25-45-33)37(39(43)48-40(3,4)5)36(38(32)42-29)31-19-17-30(44-9)22-28(31)21-26(2)24-47-49(10,11)41(6,7)8/h15-20,22-23,26,35-37H,12-14,21,24-25H2,1-11H3/t26-,35-,36-,37+/m0/s1. The zero-order chi connectivity index (χ0) is 35.7. The largest absolute Gasteiger partial charge is 0.497 e. The summed E-state index contributed by atoms with van der Waals surface area (Å²) < 4.78 is 30.2. The molecule has 0 fully saturated rings. The lowest BCUT2D eigenvalue weighted by Crippen LogP contribution is -2.41. The molecule has 0 amide bonds. The number of nitrogens with zero attached hydrogens (tertiary/aromatic N) is 1. The second-order valence-electron chi connectivity index (χ2n) is 16.5. The third-order valence-corrected chi connectivity index (χ3v) is 14.9. The Hall–Kier alpha value is -3.36. The normalized spacial score (nSPS) is 19.4. The highest BCUT2D eigenvalue weighted by Crippen LogP contribution is 2.54. The number of hydrogen-bond acceptors (Lipinski definition) is 7. The van der Waals surface area contributed by atoms with E-state index in [4.69, 9.17) is 28.4 Å². The van der Waals surface area contributed by atoms with Gasteiger partial charge in [-0.2, -0.15) is 0 Å². The predicted molar refractivity (Wildman–Crippen MR) is 197 cm³/mol. The fraction of sp³-hybridized carbons (Fsp3) is 0.561. The van der Waals surface area contributed by atoms with Crippen molar-refractivity contribution < 1.29 is 28.2 Å². The zero-order valence-electron chi connectivity index (χ0n) is 31.6. The van der Waals surface area contributed by atoms with E-state index >= 15 is 0 Å². The van der Waals surface area contributed by atoms with E-state index in [9.17, 15) is 4.79 Å². The lowest BCUT2D eigenvalue weighted by molar-refractivity contribution is -0.160. The van der Waals surface area contributed by atoms with Crippen molar-refractivity contribution in [2.24, 2.45) is 11.8 Å². The molecule has 2 aromatic carbocycles. The van der Waals surface area contributed by atoms with E-state index in [-0.39, 0.29) is 35.6 Å². The molecule has 0 N–H and O–H groups in total. The first-order chi connectivity index (χ1) is 23.0. The van der Waals surface area contributed by atoms with Crippen LogP contribution in [0.2, 0.25) is 18.1 Å². The van der Waals surface area contributed by atoms with Crippen LogP contribution in [0.3, 0.4) is 0 Å². The Morgan fingerprint density at radius 1 is 0.959 bits per heavy atom. The lowest BCUT2D eigenvalue weighted by atomic mass is 9.77. The fourth-order valence-corrected chi connectivity index (χ4v) is 7.89. The number of methoxy groups -OCH3 is 1. The van der Waals surface area contributed by atoms with Crippen molar-refractivity contribution in [3.8, 4) is 17.2 Å². The molecule has 0 spiro atoms. The first-order valence-electron chi connectivity index (χ1n) is 18.0. The van der Waals surface area contributed by atoms with E-state index in [1.54, 1.807) is 7.11 Å². The molecule has 0 radical (unpaired) electrons. The number of ether oxygens (including phenoxy) is 4.